The Morgan fingerprint density at radius 3 is 2.86 bits per heavy atom. The van der Waals surface area contributed by atoms with E-state index in [9.17, 15) is 4.79 Å². The Balaban J connectivity index is 1.42. The lowest BCUT2D eigenvalue weighted by molar-refractivity contribution is 0.0918. The van der Waals surface area contributed by atoms with Crippen LogP contribution in [0.3, 0.4) is 0 Å². The molecule has 0 unspecified atom stereocenters. The van der Waals surface area contributed by atoms with Gasteiger partial charge in [0.15, 0.2) is 17.6 Å². The van der Waals surface area contributed by atoms with E-state index in [0.29, 0.717) is 19.7 Å². The molecule has 1 aliphatic heterocycles. The van der Waals surface area contributed by atoms with E-state index in [0.717, 1.165) is 16.4 Å². The van der Waals surface area contributed by atoms with Crippen LogP contribution in [0.1, 0.15) is 4.88 Å². The summed E-state index contributed by atoms with van der Waals surface area (Å²) in [5.74, 6) is 1.46. The van der Waals surface area contributed by atoms with E-state index in [-0.39, 0.29) is 12.1 Å². The Morgan fingerprint density at radius 2 is 2.05 bits per heavy atom. The van der Waals surface area contributed by atoms with Gasteiger partial charge < -0.3 is 20.1 Å². The Hall–Kier alpha value is -2.21. The number of carbonyl (C=O) groups is 1. The third-order valence-electron chi connectivity index (χ3n) is 3.06. The average Bonchev–Trinajstić information content (AvgIpc) is 3.04. The van der Waals surface area contributed by atoms with Crippen molar-refractivity contribution in [1.82, 2.24) is 10.6 Å². The van der Waals surface area contributed by atoms with Crippen molar-refractivity contribution in [2.45, 2.75) is 12.6 Å². The number of urea groups is 1. The molecule has 2 amide bonds. The van der Waals surface area contributed by atoms with Crippen LogP contribution in [0.5, 0.6) is 11.5 Å². The zero-order chi connectivity index (χ0) is 14.5. The maximum Gasteiger partial charge on any atom is 0.315 e. The molecule has 110 valence electrons. The first kappa shape index (κ1) is 13.8. The van der Waals surface area contributed by atoms with Crippen molar-refractivity contribution < 1.29 is 14.3 Å². The number of benzene rings is 1. The van der Waals surface area contributed by atoms with Crippen LogP contribution < -0.4 is 20.1 Å². The van der Waals surface area contributed by atoms with Gasteiger partial charge in [0.25, 0.3) is 0 Å². The fraction of sp³-hybridized carbons (Fsp3) is 0.267. The SMILES string of the molecule is O=C(NCc1cccs1)NC[C@@H]1COc2ccccc2O1. The number of hydrogen-bond donors (Lipinski definition) is 2. The summed E-state index contributed by atoms with van der Waals surface area (Å²) < 4.78 is 11.4. The molecule has 1 aliphatic rings. The number of ether oxygens (including phenoxy) is 2. The van der Waals surface area contributed by atoms with Crippen molar-refractivity contribution in [1.29, 1.82) is 0 Å². The highest BCUT2D eigenvalue weighted by Gasteiger charge is 2.20. The van der Waals surface area contributed by atoms with Crippen molar-refractivity contribution in [2.75, 3.05) is 13.2 Å². The van der Waals surface area contributed by atoms with Crippen LogP contribution in [0.25, 0.3) is 0 Å². The molecule has 21 heavy (non-hydrogen) atoms. The topological polar surface area (TPSA) is 59.6 Å². The standard InChI is InChI=1S/C15H16N2O3S/c18-15(17-9-12-4-3-7-21-12)16-8-11-10-19-13-5-1-2-6-14(13)20-11/h1-7,11H,8-10H2,(H2,16,17,18)/t11-/m1/s1. The minimum atomic E-state index is -0.203. The third kappa shape index (κ3) is 3.66. The van der Waals surface area contributed by atoms with Gasteiger partial charge in [-0.25, -0.2) is 4.79 Å². The number of hydrogen-bond acceptors (Lipinski definition) is 4. The Bertz CT molecular complexity index is 601. The zero-order valence-corrected chi connectivity index (χ0v) is 12.2. The molecule has 0 aliphatic carbocycles. The smallest absolute Gasteiger partial charge is 0.315 e. The maximum atomic E-state index is 11.7. The van der Waals surface area contributed by atoms with Gasteiger partial charge in [-0.05, 0) is 23.6 Å². The van der Waals surface area contributed by atoms with Gasteiger partial charge in [0.05, 0.1) is 13.1 Å². The summed E-state index contributed by atoms with van der Waals surface area (Å²) >= 11 is 1.62. The molecule has 0 bridgehead atoms. The molecule has 1 aromatic heterocycles. The van der Waals surface area contributed by atoms with Gasteiger partial charge in [-0.1, -0.05) is 18.2 Å². The Labute approximate surface area is 126 Å². The summed E-state index contributed by atoms with van der Waals surface area (Å²) in [6, 6.07) is 11.3. The molecular formula is C15H16N2O3S. The maximum absolute atomic E-state index is 11.7. The minimum absolute atomic E-state index is 0.174. The summed E-state index contributed by atoms with van der Waals surface area (Å²) in [7, 11) is 0. The molecule has 2 N–H and O–H groups in total. The molecule has 2 heterocycles. The molecule has 2 aromatic rings. The first-order valence-electron chi connectivity index (χ1n) is 6.74. The van der Waals surface area contributed by atoms with E-state index in [1.165, 1.54) is 0 Å². The molecule has 1 atom stereocenters. The number of carbonyl (C=O) groups excluding carboxylic acids is 1. The van der Waals surface area contributed by atoms with E-state index in [4.69, 9.17) is 9.47 Å². The van der Waals surface area contributed by atoms with Crippen LogP contribution in [0.4, 0.5) is 4.79 Å². The monoisotopic (exact) mass is 304 g/mol. The number of thiophene rings is 1. The molecule has 6 heteroatoms. The first-order chi connectivity index (χ1) is 10.3. The van der Waals surface area contributed by atoms with Crippen LogP contribution >= 0.6 is 11.3 Å². The van der Waals surface area contributed by atoms with Crippen LogP contribution in [0.2, 0.25) is 0 Å². The second-order valence-electron chi connectivity index (χ2n) is 4.64. The number of rotatable bonds is 4. The third-order valence-corrected chi connectivity index (χ3v) is 3.94. The Morgan fingerprint density at radius 1 is 1.19 bits per heavy atom. The van der Waals surface area contributed by atoms with E-state index in [2.05, 4.69) is 10.6 Å². The molecule has 0 saturated heterocycles. The van der Waals surface area contributed by atoms with E-state index < -0.39 is 0 Å². The number of nitrogens with one attached hydrogen (secondary N) is 2. The average molecular weight is 304 g/mol. The lowest BCUT2D eigenvalue weighted by Gasteiger charge is -2.26. The molecule has 1 aromatic carbocycles. The summed E-state index contributed by atoms with van der Waals surface area (Å²) in [6.07, 6.45) is -0.174. The van der Waals surface area contributed by atoms with E-state index in [1.54, 1.807) is 11.3 Å². The minimum Gasteiger partial charge on any atom is -0.486 e. The molecular weight excluding hydrogens is 288 g/mol. The largest absolute Gasteiger partial charge is 0.486 e. The van der Waals surface area contributed by atoms with E-state index in [1.807, 2.05) is 41.8 Å². The van der Waals surface area contributed by atoms with Crippen molar-refractivity contribution in [2.24, 2.45) is 0 Å². The molecule has 5 nitrogen and oxygen atoms in total. The van der Waals surface area contributed by atoms with Crippen LogP contribution in [0, 0.1) is 0 Å². The fourth-order valence-electron chi connectivity index (χ4n) is 2.01. The quantitative estimate of drug-likeness (QED) is 0.912. The second-order valence-corrected chi connectivity index (χ2v) is 5.67. The van der Waals surface area contributed by atoms with Gasteiger partial charge in [-0.2, -0.15) is 0 Å². The lowest BCUT2D eigenvalue weighted by Crippen LogP contribution is -2.44. The van der Waals surface area contributed by atoms with Crippen LogP contribution in [0.15, 0.2) is 41.8 Å². The number of fused-ring (bicyclic) bond motifs is 1. The van der Waals surface area contributed by atoms with Gasteiger partial charge in [-0.3, -0.25) is 0 Å². The van der Waals surface area contributed by atoms with Crippen molar-refractivity contribution in [3.63, 3.8) is 0 Å². The van der Waals surface area contributed by atoms with Crippen molar-refractivity contribution >= 4 is 17.4 Å². The van der Waals surface area contributed by atoms with Crippen LogP contribution in [-0.2, 0) is 6.54 Å². The summed E-state index contributed by atoms with van der Waals surface area (Å²) in [6.45, 7) is 1.38. The van der Waals surface area contributed by atoms with Gasteiger partial charge >= 0.3 is 6.03 Å². The van der Waals surface area contributed by atoms with E-state index >= 15 is 0 Å². The molecule has 0 saturated carbocycles. The predicted molar refractivity (Wildman–Crippen MR) is 80.9 cm³/mol. The number of amides is 2. The Kier molecular flexibility index (Phi) is 4.25. The summed E-state index contributed by atoms with van der Waals surface area (Å²) in [4.78, 5) is 12.8. The van der Waals surface area contributed by atoms with Crippen LogP contribution in [-0.4, -0.2) is 25.3 Å². The second kappa shape index (κ2) is 6.49. The van der Waals surface area contributed by atoms with Crippen molar-refractivity contribution in [3.8, 4) is 11.5 Å². The van der Waals surface area contributed by atoms with Gasteiger partial charge in [0.2, 0.25) is 0 Å². The summed E-state index contributed by atoms with van der Waals surface area (Å²) in [5.41, 5.74) is 0. The highest BCUT2D eigenvalue weighted by Crippen LogP contribution is 2.30. The zero-order valence-electron chi connectivity index (χ0n) is 11.4. The lowest BCUT2D eigenvalue weighted by atomic mass is 10.2. The fourth-order valence-corrected chi connectivity index (χ4v) is 2.66. The molecule has 0 radical (unpaired) electrons. The normalized spacial score (nSPS) is 16.3. The molecule has 0 spiro atoms. The van der Waals surface area contributed by atoms with Gasteiger partial charge in [0, 0.05) is 4.88 Å². The number of para-hydroxylation sites is 2. The summed E-state index contributed by atoms with van der Waals surface area (Å²) in [5, 5.41) is 7.59. The van der Waals surface area contributed by atoms with Gasteiger partial charge in [0.1, 0.15) is 6.61 Å². The van der Waals surface area contributed by atoms with Gasteiger partial charge in [-0.15, -0.1) is 11.3 Å². The first-order valence-corrected chi connectivity index (χ1v) is 7.62. The predicted octanol–water partition coefficient (Wildman–Crippen LogP) is 2.39. The highest BCUT2D eigenvalue weighted by molar-refractivity contribution is 7.09. The highest BCUT2D eigenvalue weighted by atomic mass is 32.1. The molecule has 3 rings (SSSR count). The molecule has 0 fully saturated rings. The van der Waals surface area contributed by atoms with Crippen molar-refractivity contribution in [3.05, 3.63) is 46.7 Å².